The van der Waals surface area contributed by atoms with E-state index in [1.54, 1.807) is 0 Å². The highest BCUT2D eigenvalue weighted by Crippen LogP contribution is 2.16. The van der Waals surface area contributed by atoms with Gasteiger partial charge in [0, 0.05) is 19.3 Å². The second kappa shape index (κ2) is 55.7. The lowest BCUT2D eigenvalue weighted by Gasteiger charge is -2.18. The first-order valence-electron chi connectivity index (χ1n) is 28.0. The summed E-state index contributed by atoms with van der Waals surface area (Å²) in [6.45, 7) is 6.40. The number of ether oxygens (including phenoxy) is 3. The van der Waals surface area contributed by atoms with Crippen molar-refractivity contribution in [3.8, 4) is 0 Å². The molecule has 0 aliphatic heterocycles. The van der Waals surface area contributed by atoms with Gasteiger partial charge in [-0.2, -0.15) is 0 Å². The minimum atomic E-state index is -0.820. The zero-order chi connectivity index (χ0) is 49.3. The average molecular weight is 943 g/mol. The summed E-state index contributed by atoms with van der Waals surface area (Å²) in [4.78, 5) is 38.1. The molecular formula is C62H102O6. The molecule has 68 heavy (non-hydrogen) atoms. The summed E-state index contributed by atoms with van der Waals surface area (Å²) in [6.07, 6.45) is 75.1. The zero-order valence-corrected chi connectivity index (χ0v) is 44.1. The Bertz CT molecular complexity index is 1410. The van der Waals surface area contributed by atoms with Crippen LogP contribution in [0.1, 0.15) is 245 Å². The Labute approximate surface area is 419 Å². The number of allylic oxidation sites excluding steroid dienone is 18. The molecule has 1 unspecified atom stereocenters. The summed E-state index contributed by atoms with van der Waals surface area (Å²) in [5, 5.41) is 0. The van der Waals surface area contributed by atoms with Crippen LogP contribution in [0.3, 0.4) is 0 Å². The van der Waals surface area contributed by atoms with E-state index in [4.69, 9.17) is 14.2 Å². The lowest BCUT2D eigenvalue weighted by Crippen LogP contribution is -2.30. The molecule has 6 heteroatoms. The smallest absolute Gasteiger partial charge is 0.306 e. The van der Waals surface area contributed by atoms with Crippen LogP contribution in [0, 0.1) is 0 Å². The highest BCUT2D eigenvalue weighted by atomic mass is 16.6. The second-order valence-corrected chi connectivity index (χ2v) is 18.3. The van der Waals surface area contributed by atoms with Gasteiger partial charge in [-0.1, -0.05) is 278 Å². The van der Waals surface area contributed by atoms with E-state index in [2.05, 4.69) is 51.2 Å². The Balaban J connectivity index is 4.52. The molecule has 1 atom stereocenters. The molecule has 0 aromatic rings. The highest BCUT2D eigenvalue weighted by molar-refractivity contribution is 5.71. The Morgan fingerprint density at radius 3 is 1.12 bits per heavy atom. The van der Waals surface area contributed by atoms with E-state index < -0.39 is 6.10 Å². The van der Waals surface area contributed by atoms with Gasteiger partial charge < -0.3 is 14.2 Å². The average Bonchev–Trinajstić information content (AvgIpc) is 3.34. The van der Waals surface area contributed by atoms with Gasteiger partial charge in [0.2, 0.25) is 0 Å². The van der Waals surface area contributed by atoms with Crippen LogP contribution in [0.2, 0.25) is 0 Å². The first-order valence-corrected chi connectivity index (χ1v) is 28.0. The van der Waals surface area contributed by atoms with Crippen molar-refractivity contribution in [3.63, 3.8) is 0 Å². The van der Waals surface area contributed by atoms with Gasteiger partial charge in [-0.3, -0.25) is 14.4 Å². The van der Waals surface area contributed by atoms with Crippen molar-refractivity contribution >= 4 is 17.9 Å². The van der Waals surface area contributed by atoms with Crippen LogP contribution in [0.25, 0.3) is 0 Å². The van der Waals surface area contributed by atoms with E-state index in [1.165, 1.54) is 135 Å². The molecule has 0 aromatic heterocycles. The van der Waals surface area contributed by atoms with E-state index in [1.807, 2.05) is 79.0 Å². The van der Waals surface area contributed by atoms with Crippen molar-refractivity contribution in [1.82, 2.24) is 0 Å². The van der Waals surface area contributed by atoms with Crippen LogP contribution in [0.4, 0.5) is 0 Å². The molecule has 0 bridgehead atoms. The standard InChI is InChI=1S/C62H102O6/c1-4-7-10-13-16-19-22-25-27-29-31-33-34-37-40-43-46-49-52-55-61(64)67-58-59(57-66-60(63)54-51-48-45-42-39-36-24-21-18-15-12-9-6-3)68-62(65)56-53-50-47-44-41-38-35-32-30-28-26-23-20-17-14-11-8-5-2/h7,10,13,16,19,22,25,27,29,31,33-34,36-37,39-40,45,48,59H,4-6,8-9,11-12,14-15,17-18,20-21,23-24,26,28,30,32,35,38,41-44,46-47,49-58H2,1-3H3/b10-7+,16-13+,22-19+,27-25+,31-29+,34-33+,39-36+,40-37+,48-45+. The van der Waals surface area contributed by atoms with Gasteiger partial charge in [-0.25, -0.2) is 0 Å². The summed E-state index contributed by atoms with van der Waals surface area (Å²) in [5.41, 5.74) is 0. The molecule has 0 rings (SSSR count). The van der Waals surface area contributed by atoms with Crippen molar-refractivity contribution in [2.75, 3.05) is 13.2 Å². The lowest BCUT2D eigenvalue weighted by atomic mass is 10.0. The number of rotatable bonds is 49. The molecule has 386 valence electrons. The summed E-state index contributed by atoms with van der Waals surface area (Å²) < 4.78 is 16.7. The molecule has 0 heterocycles. The third kappa shape index (κ3) is 53.0. The fraction of sp³-hybridized carbons (Fsp3) is 0.661. The van der Waals surface area contributed by atoms with Gasteiger partial charge in [0.15, 0.2) is 6.10 Å². The molecule has 0 saturated heterocycles. The summed E-state index contributed by atoms with van der Waals surface area (Å²) >= 11 is 0. The number of esters is 3. The fourth-order valence-corrected chi connectivity index (χ4v) is 7.54. The quantitative estimate of drug-likeness (QED) is 0.0199. The molecule has 0 fully saturated rings. The summed E-state index contributed by atoms with van der Waals surface area (Å²) in [7, 11) is 0. The number of carbonyl (C=O) groups excluding carboxylic acids is 3. The van der Waals surface area contributed by atoms with Crippen molar-refractivity contribution in [3.05, 3.63) is 109 Å². The predicted octanol–water partition coefficient (Wildman–Crippen LogP) is 18.7. The molecule has 0 aliphatic carbocycles. The van der Waals surface area contributed by atoms with Gasteiger partial charge in [-0.05, 0) is 57.8 Å². The van der Waals surface area contributed by atoms with E-state index in [0.717, 1.165) is 64.2 Å². The molecule has 0 aliphatic rings. The Morgan fingerprint density at radius 1 is 0.324 bits per heavy atom. The monoisotopic (exact) mass is 943 g/mol. The Morgan fingerprint density at radius 2 is 0.662 bits per heavy atom. The third-order valence-corrected chi connectivity index (χ3v) is 11.7. The van der Waals surface area contributed by atoms with Crippen LogP contribution in [0.5, 0.6) is 0 Å². The molecule has 0 radical (unpaired) electrons. The normalized spacial score (nSPS) is 12.9. The zero-order valence-electron chi connectivity index (χ0n) is 44.1. The van der Waals surface area contributed by atoms with Crippen LogP contribution in [0.15, 0.2) is 109 Å². The predicted molar refractivity (Wildman–Crippen MR) is 293 cm³/mol. The second-order valence-electron chi connectivity index (χ2n) is 18.3. The first kappa shape index (κ1) is 64.1. The van der Waals surface area contributed by atoms with Crippen molar-refractivity contribution in [2.24, 2.45) is 0 Å². The van der Waals surface area contributed by atoms with Gasteiger partial charge in [-0.15, -0.1) is 0 Å². The maximum atomic E-state index is 12.8. The van der Waals surface area contributed by atoms with Gasteiger partial charge in [0.25, 0.3) is 0 Å². The number of hydrogen-bond acceptors (Lipinski definition) is 6. The Kier molecular flexibility index (Phi) is 52.4. The molecule has 0 spiro atoms. The third-order valence-electron chi connectivity index (χ3n) is 11.7. The maximum absolute atomic E-state index is 12.8. The molecular weight excluding hydrogens is 841 g/mol. The van der Waals surface area contributed by atoms with Crippen LogP contribution in [-0.2, 0) is 28.6 Å². The van der Waals surface area contributed by atoms with Crippen molar-refractivity contribution in [2.45, 2.75) is 252 Å². The highest BCUT2D eigenvalue weighted by Gasteiger charge is 2.19. The number of hydrogen-bond donors (Lipinski definition) is 0. The van der Waals surface area contributed by atoms with Gasteiger partial charge >= 0.3 is 17.9 Å². The van der Waals surface area contributed by atoms with Crippen LogP contribution >= 0.6 is 0 Å². The summed E-state index contributed by atoms with van der Waals surface area (Å²) in [5.74, 6) is -1.03. The molecule has 0 amide bonds. The topological polar surface area (TPSA) is 78.9 Å². The van der Waals surface area contributed by atoms with E-state index in [0.29, 0.717) is 19.3 Å². The van der Waals surface area contributed by atoms with Crippen LogP contribution in [-0.4, -0.2) is 37.2 Å². The van der Waals surface area contributed by atoms with E-state index in [9.17, 15) is 14.4 Å². The van der Waals surface area contributed by atoms with Crippen LogP contribution < -0.4 is 0 Å². The number of unbranched alkanes of at least 4 members (excludes halogenated alkanes) is 26. The van der Waals surface area contributed by atoms with Crippen molar-refractivity contribution < 1.29 is 28.6 Å². The molecule has 0 saturated carbocycles. The lowest BCUT2D eigenvalue weighted by molar-refractivity contribution is -0.166. The maximum Gasteiger partial charge on any atom is 0.306 e. The van der Waals surface area contributed by atoms with Crippen molar-refractivity contribution in [1.29, 1.82) is 0 Å². The minimum absolute atomic E-state index is 0.119. The fourth-order valence-electron chi connectivity index (χ4n) is 7.54. The van der Waals surface area contributed by atoms with Gasteiger partial charge in [0.05, 0.1) is 0 Å². The minimum Gasteiger partial charge on any atom is -0.462 e. The molecule has 0 aromatic carbocycles. The first-order chi connectivity index (χ1) is 33.5. The largest absolute Gasteiger partial charge is 0.462 e. The number of carbonyl (C=O) groups is 3. The molecule has 0 N–H and O–H groups in total. The Hall–Kier alpha value is -3.93. The van der Waals surface area contributed by atoms with E-state index in [-0.39, 0.29) is 37.5 Å². The summed E-state index contributed by atoms with van der Waals surface area (Å²) in [6, 6.07) is 0. The SMILES string of the molecule is CC/C=C/C=C/C=C/C=C/C=C/C=C/C=C/CCCCCC(=O)OCC(COC(=O)CC/C=C/C/C=C/CCCCCCCC)OC(=O)CCCCCCCCCCCCCCCCCCCC. The van der Waals surface area contributed by atoms with E-state index >= 15 is 0 Å². The van der Waals surface area contributed by atoms with Gasteiger partial charge in [0.1, 0.15) is 13.2 Å². The molecule has 6 nitrogen and oxygen atoms in total.